The summed E-state index contributed by atoms with van der Waals surface area (Å²) in [6, 6.07) is 11.1. The fourth-order valence-corrected chi connectivity index (χ4v) is 22.1. The highest BCUT2D eigenvalue weighted by Crippen LogP contribution is 2.44. The molecule has 0 heterocycles. The van der Waals surface area contributed by atoms with Gasteiger partial charge in [0, 0.05) is 0 Å². The lowest BCUT2D eigenvalue weighted by Crippen LogP contribution is -2.12. The van der Waals surface area contributed by atoms with Crippen LogP contribution in [0.2, 0.25) is 26.2 Å². The van der Waals surface area contributed by atoms with Crippen LogP contribution in [0.4, 0.5) is 0 Å². The summed E-state index contributed by atoms with van der Waals surface area (Å²) in [7, 11) is -0.350. The molecule has 0 N–H and O–H groups in total. The van der Waals surface area contributed by atoms with Crippen molar-refractivity contribution in [1.82, 2.24) is 0 Å². The van der Waals surface area contributed by atoms with E-state index in [1.54, 1.807) is 5.56 Å². The van der Waals surface area contributed by atoms with Gasteiger partial charge in [0.15, 0.2) is 0 Å². The van der Waals surface area contributed by atoms with E-state index in [0.29, 0.717) is 7.02 Å². The Morgan fingerprint density at radius 3 is 1.86 bits per heavy atom. The third-order valence-corrected chi connectivity index (χ3v) is 25.7. The molecule has 0 atom stereocenters. The van der Waals surface area contributed by atoms with Crippen LogP contribution in [0.1, 0.15) is 5.56 Å². The predicted octanol–water partition coefficient (Wildman–Crippen LogP) is 3.64. The molecule has 0 unspecified atom stereocenters. The fourth-order valence-electron chi connectivity index (χ4n) is 1.76. The Balaban J connectivity index is 2.65. The van der Waals surface area contributed by atoms with Crippen molar-refractivity contribution >= 4 is 23.9 Å². The van der Waals surface area contributed by atoms with Crippen LogP contribution >= 0.6 is 7.02 Å². The molecule has 1 aromatic carbocycles. The van der Waals surface area contributed by atoms with E-state index >= 15 is 0 Å². The lowest BCUT2D eigenvalue weighted by atomic mass is 10.2. The highest BCUT2D eigenvalue weighted by Gasteiger charge is 2.18. The minimum absolute atomic E-state index is 0.387. The van der Waals surface area contributed by atoms with Gasteiger partial charge < -0.3 is 0 Å². The fraction of sp³-hybridized carbons (Fsp3) is 0.455. The summed E-state index contributed by atoms with van der Waals surface area (Å²) in [4.78, 5) is 0. The van der Waals surface area contributed by atoms with Gasteiger partial charge in [0.2, 0.25) is 0 Å². The van der Waals surface area contributed by atoms with Crippen LogP contribution in [0, 0.1) is 0 Å². The average molecular weight is 240 g/mol. The molecule has 3 heteroatoms. The molecule has 0 aliphatic carbocycles. The van der Waals surface area contributed by atoms with Crippen LogP contribution in [0.5, 0.6) is 0 Å². The first-order valence-corrected chi connectivity index (χ1v) is 14.8. The molecule has 0 aromatic heterocycles. The molecular weight excluding hydrogens is 219 g/mol. The molecule has 0 radical (unpaired) electrons. The monoisotopic (exact) mass is 240 g/mol. The Morgan fingerprint density at radius 1 is 0.929 bits per heavy atom. The third-order valence-electron chi connectivity index (χ3n) is 2.53. The normalized spacial score (nSPS) is 11.6. The molecule has 0 aliphatic heterocycles. The van der Waals surface area contributed by atoms with Gasteiger partial charge in [-0.05, 0) is 11.7 Å². The lowest BCUT2D eigenvalue weighted by Gasteiger charge is -2.24. The first-order valence-electron chi connectivity index (χ1n) is 5.41. The minimum atomic E-state index is -0.387. The molecule has 0 fully saturated rings. The average Bonchev–Trinajstić information content (AvgIpc) is 2.15. The molecule has 0 nitrogen and oxygen atoms in total. The Hall–Kier alpha value is 0.0838. The van der Waals surface area contributed by atoms with Gasteiger partial charge in [0.1, 0.15) is 0 Å². The Bertz CT molecular complexity index is 251. The van der Waals surface area contributed by atoms with E-state index in [2.05, 4.69) is 56.5 Å². The molecule has 0 spiro atoms. The molecule has 14 heavy (non-hydrogen) atoms. The summed E-state index contributed by atoms with van der Waals surface area (Å²) >= 11 is 0. The van der Waals surface area contributed by atoms with E-state index in [1.807, 2.05) is 0 Å². The summed E-state index contributed by atoms with van der Waals surface area (Å²) in [5, 5.41) is 0. The van der Waals surface area contributed by atoms with Crippen molar-refractivity contribution in [2.75, 3.05) is 0 Å². The summed E-state index contributed by atoms with van der Waals surface area (Å²) < 4.78 is 0. The zero-order valence-electron chi connectivity index (χ0n) is 9.70. The van der Waals surface area contributed by atoms with Crippen molar-refractivity contribution in [2.24, 2.45) is 0 Å². The summed E-state index contributed by atoms with van der Waals surface area (Å²) in [6.45, 7) is 10.1. The Kier molecular flexibility index (Phi) is 5.07. The van der Waals surface area contributed by atoms with E-state index in [0.717, 1.165) is 0 Å². The van der Waals surface area contributed by atoms with Crippen molar-refractivity contribution < 1.29 is 0 Å². The van der Waals surface area contributed by atoms with Crippen LogP contribution < -0.4 is 0 Å². The van der Waals surface area contributed by atoms with Crippen molar-refractivity contribution in [3.63, 3.8) is 0 Å². The second kappa shape index (κ2) is 5.84. The number of rotatable bonds is 4. The van der Waals surface area contributed by atoms with Crippen LogP contribution in [-0.4, -0.2) is 16.9 Å². The second-order valence-corrected chi connectivity index (χ2v) is 22.0. The lowest BCUT2D eigenvalue weighted by molar-refractivity contribution is 1.41. The van der Waals surface area contributed by atoms with E-state index in [9.17, 15) is 0 Å². The van der Waals surface area contributed by atoms with E-state index in [-0.39, 0.29) is 16.9 Å². The van der Waals surface area contributed by atoms with Crippen LogP contribution in [0.3, 0.4) is 0 Å². The van der Waals surface area contributed by atoms with E-state index < -0.39 is 0 Å². The molecule has 0 amide bonds. The van der Waals surface area contributed by atoms with Gasteiger partial charge in [-0.1, -0.05) is 56.5 Å². The zero-order valence-corrected chi connectivity index (χ0v) is 12.9. The first-order chi connectivity index (χ1) is 6.61. The van der Waals surface area contributed by atoms with Gasteiger partial charge >= 0.3 is 0 Å². The van der Waals surface area contributed by atoms with E-state index in [4.69, 9.17) is 0 Å². The van der Waals surface area contributed by atoms with Crippen molar-refractivity contribution in [1.29, 1.82) is 0 Å². The summed E-state index contributed by atoms with van der Waals surface area (Å²) in [5.74, 6) is 0. The first kappa shape index (κ1) is 12.2. The highest BCUT2D eigenvalue weighted by molar-refractivity contribution is 8.11. The smallest absolute Gasteiger partial charge is 0.0548 e. The van der Waals surface area contributed by atoms with Gasteiger partial charge in [-0.3, -0.25) is 0 Å². The maximum absolute atomic E-state index is 2.53. The molecule has 0 saturated carbocycles. The van der Waals surface area contributed by atoms with Gasteiger partial charge in [0.25, 0.3) is 0 Å². The summed E-state index contributed by atoms with van der Waals surface area (Å²) in [5.41, 5.74) is 1.57. The van der Waals surface area contributed by atoms with Crippen molar-refractivity contribution in [3.05, 3.63) is 35.9 Å². The van der Waals surface area contributed by atoms with Crippen LogP contribution in [-0.2, 0) is 6.16 Å². The minimum Gasteiger partial charge on any atom is -0.132 e. The van der Waals surface area contributed by atoms with Gasteiger partial charge in [0.05, 0.1) is 16.9 Å². The predicted molar refractivity (Wildman–Crippen MR) is 74.8 cm³/mol. The number of benzene rings is 1. The maximum Gasteiger partial charge on any atom is 0.0548 e. The molecule has 1 aromatic rings. The SMILES string of the molecule is C[SiH](C)P(Cc1ccccc1)[SiH](C)C. The molecular formula is C11H21PSi2. The largest absolute Gasteiger partial charge is 0.132 e. The topological polar surface area (TPSA) is 0 Å². The molecule has 1 rings (SSSR count). The standard InChI is InChI=1S/C11H21PSi2/c1-13(2)12(14(3)4)10-11-8-6-5-7-9-11/h5-9,13-14H,10H2,1-4H3. The molecule has 78 valence electrons. The molecule has 0 aliphatic rings. The summed E-state index contributed by atoms with van der Waals surface area (Å²) in [6.07, 6.45) is 1.41. The zero-order chi connectivity index (χ0) is 10.6. The van der Waals surface area contributed by atoms with Gasteiger partial charge in [-0.25, -0.2) is 0 Å². The van der Waals surface area contributed by atoms with Gasteiger partial charge in [-0.15, -0.1) is 7.02 Å². The Labute approximate surface area is 92.4 Å². The Morgan fingerprint density at radius 2 is 1.43 bits per heavy atom. The van der Waals surface area contributed by atoms with Crippen LogP contribution in [0.15, 0.2) is 30.3 Å². The van der Waals surface area contributed by atoms with Crippen LogP contribution in [0.25, 0.3) is 0 Å². The maximum atomic E-state index is 2.53. The second-order valence-electron chi connectivity index (χ2n) is 4.35. The molecule has 0 bridgehead atoms. The highest BCUT2D eigenvalue weighted by atomic mass is 31.6. The quantitative estimate of drug-likeness (QED) is 0.557. The van der Waals surface area contributed by atoms with Crippen molar-refractivity contribution in [3.8, 4) is 0 Å². The number of hydrogen-bond acceptors (Lipinski definition) is 0. The van der Waals surface area contributed by atoms with E-state index in [1.165, 1.54) is 6.16 Å². The van der Waals surface area contributed by atoms with Crippen molar-refractivity contribution in [2.45, 2.75) is 32.3 Å². The third kappa shape index (κ3) is 3.68. The molecule has 0 saturated heterocycles. The van der Waals surface area contributed by atoms with Gasteiger partial charge in [-0.2, -0.15) is 0 Å². The number of hydrogen-bond donors (Lipinski definition) is 0.